The third-order valence-corrected chi connectivity index (χ3v) is 4.79. The van der Waals surface area contributed by atoms with Crippen molar-refractivity contribution in [1.29, 1.82) is 5.26 Å². The van der Waals surface area contributed by atoms with Gasteiger partial charge in [-0.1, -0.05) is 54.1 Å². The molecule has 0 saturated carbocycles. The van der Waals surface area contributed by atoms with E-state index in [-0.39, 0.29) is 5.57 Å². The minimum Gasteiger partial charge on any atom is -0.490 e. The van der Waals surface area contributed by atoms with Crippen LogP contribution in [0.1, 0.15) is 23.6 Å². The van der Waals surface area contributed by atoms with Gasteiger partial charge in [-0.2, -0.15) is 5.26 Å². The average Bonchev–Trinajstić information content (AvgIpc) is 2.77. The molecule has 162 valence electrons. The first-order valence-corrected chi connectivity index (χ1v) is 10.5. The van der Waals surface area contributed by atoms with Crippen molar-refractivity contribution in [2.75, 3.05) is 11.9 Å². The summed E-state index contributed by atoms with van der Waals surface area (Å²) in [5.74, 6) is 0.354. The molecule has 0 atom stereocenters. The Hall–Kier alpha value is -3.75. The van der Waals surface area contributed by atoms with Crippen molar-refractivity contribution in [2.45, 2.75) is 20.5 Å². The lowest BCUT2D eigenvalue weighted by Crippen LogP contribution is -2.13. The second kappa shape index (κ2) is 11.0. The van der Waals surface area contributed by atoms with Crippen molar-refractivity contribution in [3.05, 3.63) is 94.0 Å². The van der Waals surface area contributed by atoms with E-state index in [4.69, 9.17) is 21.1 Å². The molecule has 0 heterocycles. The molecular formula is C26H23ClN2O3. The molecule has 1 amide bonds. The van der Waals surface area contributed by atoms with Crippen LogP contribution in [0.2, 0.25) is 5.02 Å². The van der Waals surface area contributed by atoms with E-state index in [9.17, 15) is 10.1 Å². The Kier molecular flexibility index (Phi) is 7.91. The summed E-state index contributed by atoms with van der Waals surface area (Å²) in [6.45, 7) is 4.52. The summed E-state index contributed by atoms with van der Waals surface area (Å²) in [5.41, 5.74) is 3.12. The van der Waals surface area contributed by atoms with Crippen molar-refractivity contribution < 1.29 is 14.3 Å². The van der Waals surface area contributed by atoms with E-state index in [2.05, 4.69) is 5.32 Å². The van der Waals surface area contributed by atoms with Crippen LogP contribution in [0.3, 0.4) is 0 Å². The predicted octanol–water partition coefficient (Wildman–Crippen LogP) is 6.17. The Labute approximate surface area is 192 Å². The van der Waals surface area contributed by atoms with E-state index < -0.39 is 5.91 Å². The molecule has 0 saturated heterocycles. The van der Waals surface area contributed by atoms with Gasteiger partial charge in [0.25, 0.3) is 5.91 Å². The summed E-state index contributed by atoms with van der Waals surface area (Å²) in [4.78, 5) is 12.6. The number of nitriles is 1. The second-order valence-corrected chi connectivity index (χ2v) is 7.44. The molecule has 0 spiro atoms. The van der Waals surface area contributed by atoms with Crippen LogP contribution >= 0.6 is 11.6 Å². The van der Waals surface area contributed by atoms with Gasteiger partial charge in [-0.15, -0.1) is 0 Å². The van der Waals surface area contributed by atoms with E-state index in [1.54, 1.807) is 18.2 Å². The summed E-state index contributed by atoms with van der Waals surface area (Å²) in [5, 5.41) is 12.6. The third kappa shape index (κ3) is 6.13. The number of carbonyl (C=O) groups excluding carboxylic acids is 1. The van der Waals surface area contributed by atoms with Crippen molar-refractivity contribution in [2.24, 2.45) is 0 Å². The number of amides is 1. The molecule has 0 unspecified atom stereocenters. The zero-order chi connectivity index (χ0) is 22.9. The highest BCUT2D eigenvalue weighted by Crippen LogP contribution is 2.38. The predicted molar refractivity (Wildman–Crippen MR) is 127 cm³/mol. The number of rotatable bonds is 8. The molecule has 0 fully saturated rings. The highest BCUT2D eigenvalue weighted by atomic mass is 35.5. The fraction of sp³-hybridized carbons (Fsp3) is 0.154. The maximum absolute atomic E-state index is 12.6. The van der Waals surface area contributed by atoms with Gasteiger partial charge in [0, 0.05) is 5.69 Å². The van der Waals surface area contributed by atoms with Crippen LogP contribution in [0, 0.1) is 18.3 Å². The fourth-order valence-corrected chi connectivity index (χ4v) is 3.31. The molecule has 0 aromatic heterocycles. The Morgan fingerprint density at radius 1 is 1.09 bits per heavy atom. The first kappa shape index (κ1) is 22.9. The highest BCUT2D eigenvalue weighted by molar-refractivity contribution is 6.32. The molecule has 3 rings (SSSR count). The van der Waals surface area contributed by atoms with E-state index in [0.29, 0.717) is 41.0 Å². The number of hydrogen-bond donors (Lipinski definition) is 1. The number of ether oxygens (including phenoxy) is 2. The summed E-state index contributed by atoms with van der Waals surface area (Å²) in [7, 11) is 0. The van der Waals surface area contributed by atoms with Gasteiger partial charge >= 0.3 is 0 Å². The number of nitrogens with one attached hydrogen (secondary N) is 1. The lowest BCUT2D eigenvalue weighted by atomic mass is 10.1. The van der Waals surface area contributed by atoms with E-state index >= 15 is 0 Å². The highest BCUT2D eigenvalue weighted by Gasteiger charge is 2.15. The van der Waals surface area contributed by atoms with Gasteiger partial charge in [0.1, 0.15) is 18.2 Å². The Morgan fingerprint density at radius 3 is 2.56 bits per heavy atom. The smallest absolute Gasteiger partial charge is 0.266 e. The van der Waals surface area contributed by atoms with Crippen LogP contribution in [0.4, 0.5) is 5.69 Å². The Bertz CT molecular complexity index is 1170. The lowest BCUT2D eigenvalue weighted by molar-refractivity contribution is -0.112. The van der Waals surface area contributed by atoms with E-state index in [1.807, 2.05) is 68.4 Å². The number of aryl methyl sites for hydroxylation is 1. The number of anilines is 1. The SMILES string of the molecule is CCOc1cc(/C=C(\C#N)C(=O)Nc2cccc(C)c2)cc(Cl)c1OCc1ccccc1. The number of carbonyl (C=O) groups is 1. The normalized spacial score (nSPS) is 10.9. The maximum Gasteiger partial charge on any atom is 0.266 e. The van der Waals surface area contributed by atoms with Crippen LogP contribution < -0.4 is 14.8 Å². The van der Waals surface area contributed by atoms with Crippen LogP contribution in [0.5, 0.6) is 11.5 Å². The molecule has 0 aliphatic carbocycles. The molecule has 3 aromatic rings. The number of nitrogens with zero attached hydrogens (tertiary/aromatic N) is 1. The first-order chi connectivity index (χ1) is 15.5. The van der Waals surface area contributed by atoms with Gasteiger partial charge in [0.05, 0.1) is 11.6 Å². The standard InChI is InChI=1S/C26H23ClN2O3/c1-3-31-24-15-20(14-23(27)25(24)32-17-19-9-5-4-6-10-19)13-21(16-28)26(30)29-22-11-7-8-18(2)12-22/h4-15H,3,17H2,1-2H3,(H,29,30)/b21-13+. The summed E-state index contributed by atoms with van der Waals surface area (Å²) >= 11 is 6.47. The van der Waals surface area contributed by atoms with Crippen LogP contribution in [-0.4, -0.2) is 12.5 Å². The topological polar surface area (TPSA) is 71.3 Å². The van der Waals surface area contributed by atoms with Gasteiger partial charge in [0.15, 0.2) is 11.5 Å². The maximum atomic E-state index is 12.6. The van der Waals surface area contributed by atoms with Crippen molar-refractivity contribution in [1.82, 2.24) is 0 Å². The molecule has 1 N–H and O–H groups in total. The first-order valence-electron chi connectivity index (χ1n) is 10.1. The summed E-state index contributed by atoms with van der Waals surface area (Å²) in [6, 6.07) is 22.4. The fourth-order valence-electron chi connectivity index (χ4n) is 3.04. The molecule has 0 aliphatic rings. The number of hydrogen-bond acceptors (Lipinski definition) is 4. The second-order valence-electron chi connectivity index (χ2n) is 7.03. The minimum absolute atomic E-state index is 0.0528. The largest absolute Gasteiger partial charge is 0.490 e. The summed E-state index contributed by atoms with van der Waals surface area (Å²) in [6.07, 6.45) is 1.47. The van der Waals surface area contributed by atoms with Crippen molar-refractivity contribution >= 4 is 29.3 Å². The van der Waals surface area contributed by atoms with Crippen LogP contribution in [-0.2, 0) is 11.4 Å². The zero-order valence-electron chi connectivity index (χ0n) is 17.9. The number of halogens is 1. The molecule has 5 nitrogen and oxygen atoms in total. The summed E-state index contributed by atoms with van der Waals surface area (Å²) < 4.78 is 11.6. The molecule has 3 aromatic carbocycles. The zero-order valence-corrected chi connectivity index (χ0v) is 18.6. The Morgan fingerprint density at radius 2 is 1.88 bits per heavy atom. The monoisotopic (exact) mass is 446 g/mol. The van der Waals surface area contributed by atoms with Gasteiger partial charge < -0.3 is 14.8 Å². The molecule has 32 heavy (non-hydrogen) atoms. The third-order valence-electron chi connectivity index (χ3n) is 4.51. The van der Waals surface area contributed by atoms with Gasteiger partial charge in [-0.05, 0) is 60.9 Å². The quantitative estimate of drug-likeness (QED) is 0.331. The van der Waals surface area contributed by atoms with Crippen LogP contribution in [0.25, 0.3) is 6.08 Å². The Balaban J connectivity index is 1.84. The van der Waals surface area contributed by atoms with E-state index in [1.165, 1.54) is 6.08 Å². The van der Waals surface area contributed by atoms with Gasteiger partial charge in [-0.3, -0.25) is 4.79 Å². The molecule has 6 heteroatoms. The minimum atomic E-state index is -0.503. The number of benzene rings is 3. The average molecular weight is 447 g/mol. The van der Waals surface area contributed by atoms with E-state index in [0.717, 1.165) is 11.1 Å². The molecule has 0 radical (unpaired) electrons. The van der Waals surface area contributed by atoms with Crippen molar-refractivity contribution in [3.8, 4) is 17.6 Å². The van der Waals surface area contributed by atoms with Gasteiger partial charge in [-0.25, -0.2) is 0 Å². The molecule has 0 bridgehead atoms. The lowest BCUT2D eigenvalue weighted by Gasteiger charge is -2.15. The molecule has 0 aliphatic heterocycles. The van der Waals surface area contributed by atoms with Crippen molar-refractivity contribution in [3.63, 3.8) is 0 Å². The molecular weight excluding hydrogens is 424 g/mol. The van der Waals surface area contributed by atoms with Gasteiger partial charge in [0.2, 0.25) is 0 Å². The van der Waals surface area contributed by atoms with Crippen LogP contribution in [0.15, 0.2) is 72.3 Å².